The lowest BCUT2D eigenvalue weighted by Crippen LogP contribution is -2.31. The van der Waals surface area contributed by atoms with Gasteiger partial charge in [0.1, 0.15) is 0 Å². The number of thiophene rings is 1. The Bertz CT molecular complexity index is 523. The second-order valence-electron chi connectivity index (χ2n) is 5.70. The maximum Gasteiger partial charge on any atom is 0.0438 e. The highest BCUT2D eigenvalue weighted by Gasteiger charge is 2.24. The topological polar surface area (TPSA) is 12.0 Å². The van der Waals surface area contributed by atoms with Crippen molar-refractivity contribution in [3.05, 3.63) is 52.2 Å². The molecule has 0 aliphatic carbocycles. The number of hydrogen-bond donors (Lipinski definition) is 1. The van der Waals surface area contributed by atoms with Gasteiger partial charge in [0.25, 0.3) is 0 Å². The van der Waals surface area contributed by atoms with Crippen LogP contribution in [0.15, 0.2) is 46.7 Å². The normalized spacial score (nSPS) is 19.2. The standard InChI is InChI=1S/C17H21NS2/c1-12(2)17(16-8-5-9-19-16)18-11-14-10-13-6-3-4-7-15(13)20-14/h3-9,12,14,17-18H,10-11H2,1-2H3. The van der Waals surface area contributed by atoms with Gasteiger partial charge in [0.2, 0.25) is 0 Å². The number of rotatable bonds is 5. The average molecular weight is 303 g/mol. The average Bonchev–Trinajstić information content (AvgIpc) is 3.06. The molecule has 0 spiro atoms. The van der Waals surface area contributed by atoms with Crippen LogP contribution in [0.5, 0.6) is 0 Å². The van der Waals surface area contributed by atoms with Gasteiger partial charge in [-0.25, -0.2) is 0 Å². The number of hydrogen-bond acceptors (Lipinski definition) is 3. The zero-order valence-corrected chi connectivity index (χ0v) is 13.6. The van der Waals surface area contributed by atoms with E-state index in [1.54, 1.807) is 0 Å². The van der Waals surface area contributed by atoms with Gasteiger partial charge in [-0.3, -0.25) is 0 Å². The third-order valence-corrected chi connectivity index (χ3v) is 6.07. The summed E-state index contributed by atoms with van der Waals surface area (Å²) in [5.74, 6) is 0.627. The summed E-state index contributed by atoms with van der Waals surface area (Å²) < 4.78 is 0. The molecule has 3 heteroatoms. The third-order valence-electron chi connectivity index (χ3n) is 3.80. The largest absolute Gasteiger partial charge is 0.308 e. The highest BCUT2D eigenvalue weighted by Crippen LogP contribution is 2.37. The van der Waals surface area contributed by atoms with Crippen LogP contribution in [-0.2, 0) is 6.42 Å². The van der Waals surface area contributed by atoms with Crippen LogP contribution >= 0.6 is 23.1 Å². The quantitative estimate of drug-likeness (QED) is 0.855. The predicted octanol–water partition coefficient (Wildman–Crippen LogP) is 4.75. The Balaban J connectivity index is 1.60. The summed E-state index contributed by atoms with van der Waals surface area (Å²) in [6.07, 6.45) is 1.20. The molecule has 1 aliphatic rings. The van der Waals surface area contributed by atoms with Crippen molar-refractivity contribution < 1.29 is 0 Å². The zero-order chi connectivity index (χ0) is 13.9. The molecule has 0 saturated heterocycles. The Hall–Kier alpha value is -0.770. The van der Waals surface area contributed by atoms with E-state index in [1.807, 2.05) is 23.1 Å². The van der Waals surface area contributed by atoms with Crippen LogP contribution < -0.4 is 5.32 Å². The number of benzene rings is 1. The van der Waals surface area contributed by atoms with Crippen molar-refractivity contribution in [1.29, 1.82) is 0 Å². The van der Waals surface area contributed by atoms with Gasteiger partial charge in [-0.15, -0.1) is 23.1 Å². The molecule has 2 aromatic rings. The first kappa shape index (κ1) is 14.2. The molecule has 20 heavy (non-hydrogen) atoms. The maximum atomic E-state index is 3.79. The van der Waals surface area contributed by atoms with Crippen LogP contribution in [0.3, 0.4) is 0 Å². The molecule has 1 nitrogen and oxygen atoms in total. The molecular weight excluding hydrogens is 282 g/mol. The van der Waals surface area contributed by atoms with Crippen molar-refractivity contribution in [2.24, 2.45) is 5.92 Å². The monoisotopic (exact) mass is 303 g/mol. The lowest BCUT2D eigenvalue weighted by atomic mass is 10.0. The van der Waals surface area contributed by atoms with Crippen LogP contribution in [0, 0.1) is 5.92 Å². The van der Waals surface area contributed by atoms with Crippen molar-refractivity contribution in [3.63, 3.8) is 0 Å². The van der Waals surface area contributed by atoms with Crippen LogP contribution in [0.2, 0.25) is 0 Å². The third kappa shape index (κ3) is 3.11. The van der Waals surface area contributed by atoms with Crippen LogP contribution in [-0.4, -0.2) is 11.8 Å². The van der Waals surface area contributed by atoms with Crippen molar-refractivity contribution in [2.75, 3.05) is 6.54 Å². The fraction of sp³-hybridized carbons (Fsp3) is 0.412. The van der Waals surface area contributed by atoms with Crippen molar-refractivity contribution in [1.82, 2.24) is 5.32 Å². The predicted molar refractivity (Wildman–Crippen MR) is 89.7 cm³/mol. The van der Waals surface area contributed by atoms with Gasteiger partial charge < -0.3 is 5.32 Å². The molecule has 0 radical (unpaired) electrons. The van der Waals surface area contributed by atoms with E-state index in [0.29, 0.717) is 17.2 Å². The van der Waals surface area contributed by atoms with Gasteiger partial charge in [0.05, 0.1) is 0 Å². The molecule has 0 bridgehead atoms. The number of thioether (sulfide) groups is 1. The maximum absolute atomic E-state index is 3.79. The number of nitrogens with one attached hydrogen (secondary N) is 1. The lowest BCUT2D eigenvalue weighted by molar-refractivity contribution is 0.418. The lowest BCUT2D eigenvalue weighted by Gasteiger charge is -2.23. The van der Waals surface area contributed by atoms with Gasteiger partial charge in [-0.1, -0.05) is 38.1 Å². The molecule has 1 aromatic heterocycles. The second-order valence-corrected chi connectivity index (χ2v) is 8.02. The van der Waals surface area contributed by atoms with Gasteiger partial charge >= 0.3 is 0 Å². The van der Waals surface area contributed by atoms with E-state index in [2.05, 4.69) is 60.9 Å². The summed E-state index contributed by atoms with van der Waals surface area (Å²) in [5.41, 5.74) is 1.52. The van der Waals surface area contributed by atoms with Gasteiger partial charge in [0, 0.05) is 27.6 Å². The van der Waals surface area contributed by atoms with E-state index in [4.69, 9.17) is 0 Å². The smallest absolute Gasteiger partial charge is 0.0438 e. The van der Waals surface area contributed by atoms with Crippen LogP contribution in [0.4, 0.5) is 0 Å². The summed E-state index contributed by atoms with van der Waals surface area (Å²) in [7, 11) is 0. The Morgan fingerprint density at radius 3 is 2.75 bits per heavy atom. The molecule has 1 N–H and O–H groups in total. The molecule has 2 atom stereocenters. The highest BCUT2D eigenvalue weighted by molar-refractivity contribution is 8.00. The second kappa shape index (κ2) is 6.33. The SMILES string of the molecule is CC(C)C(NCC1Cc2ccccc2S1)c1cccs1. The highest BCUT2D eigenvalue weighted by atomic mass is 32.2. The van der Waals surface area contributed by atoms with E-state index in [-0.39, 0.29) is 0 Å². The molecule has 106 valence electrons. The molecule has 2 unspecified atom stereocenters. The molecule has 0 amide bonds. The molecule has 1 aromatic carbocycles. The summed E-state index contributed by atoms with van der Waals surface area (Å²) in [4.78, 5) is 2.93. The zero-order valence-electron chi connectivity index (χ0n) is 12.0. The van der Waals surface area contributed by atoms with Crippen LogP contribution in [0.1, 0.15) is 30.3 Å². The van der Waals surface area contributed by atoms with Crippen LogP contribution in [0.25, 0.3) is 0 Å². The van der Waals surface area contributed by atoms with Crippen molar-refractivity contribution >= 4 is 23.1 Å². The number of fused-ring (bicyclic) bond motifs is 1. The minimum absolute atomic E-state index is 0.485. The van der Waals surface area contributed by atoms with Crippen molar-refractivity contribution in [3.8, 4) is 0 Å². The van der Waals surface area contributed by atoms with Crippen molar-refractivity contribution in [2.45, 2.75) is 36.5 Å². The first-order chi connectivity index (χ1) is 9.74. The van der Waals surface area contributed by atoms with Gasteiger partial charge in [-0.05, 0) is 35.4 Å². The van der Waals surface area contributed by atoms with E-state index in [0.717, 1.165) is 6.54 Å². The molecule has 0 fully saturated rings. The minimum Gasteiger partial charge on any atom is -0.308 e. The van der Waals surface area contributed by atoms with Gasteiger partial charge in [-0.2, -0.15) is 0 Å². The molecule has 2 heterocycles. The Labute approximate surface area is 129 Å². The molecule has 1 aliphatic heterocycles. The Morgan fingerprint density at radius 2 is 2.05 bits per heavy atom. The summed E-state index contributed by atoms with van der Waals surface area (Å²) in [6.45, 7) is 5.68. The summed E-state index contributed by atoms with van der Waals surface area (Å²) in [6, 6.07) is 13.7. The van der Waals surface area contributed by atoms with E-state index in [1.165, 1.54) is 21.8 Å². The molecule has 3 rings (SSSR count). The van der Waals surface area contributed by atoms with Gasteiger partial charge in [0.15, 0.2) is 0 Å². The fourth-order valence-corrected chi connectivity index (χ4v) is 4.99. The van der Waals surface area contributed by atoms with E-state index >= 15 is 0 Å². The van der Waals surface area contributed by atoms with E-state index < -0.39 is 0 Å². The Kier molecular flexibility index (Phi) is 4.49. The molecular formula is C17H21NS2. The first-order valence-corrected chi connectivity index (χ1v) is 9.01. The molecule has 0 saturated carbocycles. The minimum atomic E-state index is 0.485. The first-order valence-electron chi connectivity index (χ1n) is 7.25. The Morgan fingerprint density at radius 1 is 1.20 bits per heavy atom. The fourth-order valence-electron chi connectivity index (χ4n) is 2.76. The summed E-state index contributed by atoms with van der Waals surface area (Å²) in [5, 5.41) is 6.64. The van der Waals surface area contributed by atoms with E-state index in [9.17, 15) is 0 Å². The summed E-state index contributed by atoms with van der Waals surface area (Å²) >= 11 is 3.89.